The number of hydrogen-bond donors (Lipinski definition) is 1. The first-order valence-electron chi connectivity index (χ1n) is 5.57. The molecule has 1 saturated heterocycles. The van der Waals surface area contributed by atoms with E-state index in [4.69, 9.17) is 0 Å². The molecule has 1 aliphatic rings. The van der Waals surface area contributed by atoms with E-state index in [2.05, 4.69) is 4.72 Å². The summed E-state index contributed by atoms with van der Waals surface area (Å²) in [7, 11) is -6.83. The van der Waals surface area contributed by atoms with Crippen LogP contribution in [0, 0.1) is 6.92 Å². The number of anilines is 1. The molecule has 2 rings (SSSR count). The van der Waals surface area contributed by atoms with Crippen LogP contribution in [0.4, 0.5) is 5.69 Å². The van der Waals surface area contributed by atoms with Crippen molar-refractivity contribution in [3.63, 3.8) is 0 Å². The average Bonchev–Trinajstić information content (AvgIpc) is 2.59. The van der Waals surface area contributed by atoms with Crippen LogP contribution in [0.3, 0.4) is 0 Å². The van der Waals surface area contributed by atoms with E-state index >= 15 is 0 Å². The van der Waals surface area contributed by atoms with Crippen molar-refractivity contribution >= 4 is 25.5 Å². The van der Waals surface area contributed by atoms with Crippen LogP contribution in [0.25, 0.3) is 0 Å². The molecule has 0 amide bonds. The molecule has 1 N–H and O–H groups in total. The maximum absolute atomic E-state index is 12.0. The normalized spacial score (nSPS) is 22.8. The zero-order valence-corrected chi connectivity index (χ0v) is 11.6. The lowest BCUT2D eigenvalue weighted by atomic mass is 10.2. The Morgan fingerprint density at radius 3 is 2.61 bits per heavy atom. The van der Waals surface area contributed by atoms with Gasteiger partial charge in [0.05, 0.1) is 16.8 Å². The van der Waals surface area contributed by atoms with Crippen molar-refractivity contribution in [1.82, 2.24) is 0 Å². The number of hydrogen-bond acceptors (Lipinski definition) is 4. The molecule has 1 aromatic rings. The number of aryl methyl sites for hydroxylation is 1. The van der Waals surface area contributed by atoms with Gasteiger partial charge in [0.25, 0.3) is 0 Å². The van der Waals surface area contributed by atoms with Crippen molar-refractivity contribution in [2.24, 2.45) is 0 Å². The van der Waals surface area contributed by atoms with Gasteiger partial charge < -0.3 is 0 Å². The minimum absolute atomic E-state index is 0.0492. The Morgan fingerprint density at radius 2 is 2.06 bits per heavy atom. The monoisotopic (exact) mass is 289 g/mol. The van der Waals surface area contributed by atoms with Crippen LogP contribution < -0.4 is 4.72 Å². The Hall–Kier alpha value is -1.08. The molecule has 1 aromatic carbocycles. The summed E-state index contributed by atoms with van der Waals surface area (Å²) in [6.07, 6.45) is 0.170. The van der Waals surface area contributed by atoms with E-state index in [9.17, 15) is 16.8 Å². The zero-order chi connectivity index (χ0) is 13.4. The second-order valence-electron chi connectivity index (χ2n) is 4.54. The molecule has 1 heterocycles. The van der Waals surface area contributed by atoms with Crippen LogP contribution in [0.1, 0.15) is 12.0 Å². The van der Waals surface area contributed by atoms with Gasteiger partial charge in [-0.05, 0) is 31.0 Å². The molecule has 1 aliphatic heterocycles. The summed E-state index contributed by atoms with van der Waals surface area (Å²) in [6, 6.07) is 6.96. The number of nitrogens with one attached hydrogen (secondary N) is 1. The van der Waals surface area contributed by atoms with Gasteiger partial charge in [-0.1, -0.05) is 12.1 Å². The molecular formula is C11H15NO4S2. The highest BCUT2D eigenvalue weighted by Crippen LogP contribution is 2.21. The van der Waals surface area contributed by atoms with Crippen molar-refractivity contribution in [2.45, 2.75) is 18.6 Å². The summed E-state index contributed by atoms with van der Waals surface area (Å²) in [5, 5.41) is -0.844. The van der Waals surface area contributed by atoms with Gasteiger partial charge in [-0.25, -0.2) is 16.8 Å². The lowest BCUT2D eigenvalue weighted by molar-refractivity contribution is 0.587. The lowest BCUT2D eigenvalue weighted by Gasteiger charge is -2.12. The van der Waals surface area contributed by atoms with E-state index in [0.717, 1.165) is 5.56 Å². The van der Waals surface area contributed by atoms with Gasteiger partial charge in [0, 0.05) is 5.69 Å². The van der Waals surface area contributed by atoms with Gasteiger partial charge in [0.15, 0.2) is 9.84 Å². The third-order valence-electron chi connectivity index (χ3n) is 2.91. The predicted molar refractivity (Wildman–Crippen MR) is 70.8 cm³/mol. The summed E-state index contributed by atoms with van der Waals surface area (Å²) in [4.78, 5) is 0. The zero-order valence-electron chi connectivity index (χ0n) is 9.96. The topological polar surface area (TPSA) is 80.3 Å². The van der Waals surface area contributed by atoms with Gasteiger partial charge in [-0.15, -0.1) is 0 Å². The molecule has 100 valence electrons. The Bertz CT molecular complexity index is 649. The molecule has 0 radical (unpaired) electrons. The van der Waals surface area contributed by atoms with Crippen LogP contribution in [0.5, 0.6) is 0 Å². The Morgan fingerprint density at radius 1 is 1.33 bits per heavy atom. The SMILES string of the molecule is Cc1cccc(NS(=O)(=O)C2CCS(=O)(=O)C2)c1. The van der Waals surface area contributed by atoms with Crippen LogP contribution in [-0.4, -0.2) is 33.6 Å². The fourth-order valence-corrected chi connectivity index (χ4v) is 6.04. The Labute approximate surface area is 107 Å². The maximum Gasteiger partial charge on any atom is 0.236 e. The smallest absolute Gasteiger partial charge is 0.236 e. The standard InChI is InChI=1S/C11H15NO4S2/c1-9-3-2-4-10(7-9)12-18(15,16)11-5-6-17(13,14)8-11/h2-4,7,11-12H,5-6,8H2,1H3. The van der Waals surface area contributed by atoms with E-state index < -0.39 is 25.1 Å². The molecule has 0 saturated carbocycles. The van der Waals surface area contributed by atoms with Crippen molar-refractivity contribution in [2.75, 3.05) is 16.2 Å². The van der Waals surface area contributed by atoms with Gasteiger partial charge in [0.2, 0.25) is 10.0 Å². The van der Waals surface area contributed by atoms with Crippen molar-refractivity contribution in [1.29, 1.82) is 0 Å². The molecular weight excluding hydrogens is 274 g/mol. The van der Waals surface area contributed by atoms with E-state index in [-0.39, 0.29) is 17.9 Å². The van der Waals surface area contributed by atoms with Crippen molar-refractivity contribution in [3.8, 4) is 0 Å². The minimum Gasteiger partial charge on any atom is -0.283 e. The van der Waals surface area contributed by atoms with E-state index in [1.165, 1.54) is 0 Å². The van der Waals surface area contributed by atoms with Crippen LogP contribution in [-0.2, 0) is 19.9 Å². The first-order chi connectivity index (χ1) is 8.28. The first-order valence-corrected chi connectivity index (χ1v) is 8.94. The maximum atomic E-state index is 12.0. The average molecular weight is 289 g/mol. The van der Waals surface area contributed by atoms with E-state index in [0.29, 0.717) is 5.69 Å². The minimum atomic E-state index is -3.63. The Balaban J connectivity index is 2.18. The summed E-state index contributed by atoms with van der Waals surface area (Å²) >= 11 is 0. The molecule has 0 bridgehead atoms. The van der Waals surface area contributed by atoms with Gasteiger partial charge >= 0.3 is 0 Å². The highest BCUT2D eigenvalue weighted by atomic mass is 32.2. The molecule has 7 heteroatoms. The fourth-order valence-electron chi connectivity index (χ4n) is 1.96. The number of sulfone groups is 1. The number of sulfonamides is 1. The van der Waals surface area contributed by atoms with Gasteiger partial charge in [-0.2, -0.15) is 0 Å². The Kier molecular flexibility index (Phi) is 3.37. The predicted octanol–water partition coefficient (Wildman–Crippen LogP) is 0.924. The molecule has 1 fully saturated rings. The van der Waals surface area contributed by atoms with Crippen LogP contribution >= 0.6 is 0 Å². The molecule has 1 unspecified atom stereocenters. The van der Waals surface area contributed by atoms with Crippen LogP contribution in [0.15, 0.2) is 24.3 Å². The number of benzene rings is 1. The first kappa shape index (κ1) is 13.4. The molecule has 0 aliphatic carbocycles. The highest BCUT2D eigenvalue weighted by molar-refractivity contribution is 7.97. The van der Waals surface area contributed by atoms with E-state index in [1.54, 1.807) is 18.2 Å². The second-order valence-corrected chi connectivity index (χ2v) is 8.73. The largest absolute Gasteiger partial charge is 0.283 e. The van der Waals surface area contributed by atoms with Crippen molar-refractivity contribution in [3.05, 3.63) is 29.8 Å². The van der Waals surface area contributed by atoms with E-state index in [1.807, 2.05) is 13.0 Å². The second kappa shape index (κ2) is 4.55. The summed E-state index contributed by atoms with van der Waals surface area (Å²) in [6.45, 7) is 1.86. The highest BCUT2D eigenvalue weighted by Gasteiger charge is 2.37. The molecule has 5 nitrogen and oxygen atoms in total. The van der Waals surface area contributed by atoms with Gasteiger partial charge in [0.1, 0.15) is 0 Å². The lowest BCUT2D eigenvalue weighted by Crippen LogP contribution is -2.28. The summed E-state index contributed by atoms with van der Waals surface area (Å²) in [5.41, 5.74) is 1.41. The molecule has 0 aromatic heterocycles. The van der Waals surface area contributed by atoms with Gasteiger partial charge in [-0.3, -0.25) is 4.72 Å². The molecule has 1 atom stereocenters. The summed E-state index contributed by atoms with van der Waals surface area (Å²) in [5.74, 6) is -0.333. The van der Waals surface area contributed by atoms with Crippen molar-refractivity contribution < 1.29 is 16.8 Å². The van der Waals surface area contributed by atoms with Crippen LogP contribution in [0.2, 0.25) is 0 Å². The number of rotatable bonds is 3. The summed E-state index contributed by atoms with van der Waals surface area (Å²) < 4.78 is 49.1. The molecule has 0 spiro atoms. The third kappa shape index (κ3) is 3.02. The quantitative estimate of drug-likeness (QED) is 0.897. The third-order valence-corrected chi connectivity index (χ3v) is 6.69. The fraction of sp³-hybridized carbons (Fsp3) is 0.455. The molecule has 18 heavy (non-hydrogen) atoms.